The zero-order chi connectivity index (χ0) is 10.7. The summed E-state index contributed by atoms with van der Waals surface area (Å²) in [5.41, 5.74) is 1.32. The molecule has 84 valence electrons. The molecule has 15 heavy (non-hydrogen) atoms. The molecule has 1 aromatic heterocycles. The van der Waals surface area contributed by atoms with Crippen LogP contribution in [-0.4, -0.2) is 24.7 Å². The van der Waals surface area contributed by atoms with Crippen molar-refractivity contribution in [2.24, 2.45) is 0 Å². The highest BCUT2D eigenvalue weighted by molar-refractivity contribution is 7.15. The maximum atomic E-state index is 5.09. The van der Waals surface area contributed by atoms with Crippen LogP contribution < -0.4 is 5.32 Å². The molecule has 0 spiro atoms. The monoisotopic (exact) mass is 226 g/mol. The molecule has 1 heterocycles. The molecule has 0 unspecified atom stereocenters. The number of ether oxygens (including phenoxy) is 1. The number of aryl methyl sites for hydroxylation is 2. The van der Waals surface area contributed by atoms with Crippen molar-refractivity contribution in [2.45, 2.75) is 38.6 Å². The van der Waals surface area contributed by atoms with Gasteiger partial charge in [-0.2, -0.15) is 0 Å². The van der Waals surface area contributed by atoms with Crippen LogP contribution in [0.5, 0.6) is 0 Å². The van der Waals surface area contributed by atoms with E-state index in [0.717, 1.165) is 18.2 Å². The Kier molecular flexibility index (Phi) is 3.59. The molecule has 2 rings (SSSR count). The highest BCUT2D eigenvalue weighted by Crippen LogP contribution is 2.29. The molecule has 0 bridgehead atoms. The molecule has 0 aromatic carbocycles. The van der Waals surface area contributed by atoms with E-state index in [1.165, 1.54) is 29.8 Å². The standard InChI is InChI=1S/C11H18N2OS/c1-8(7-14-2)12-11-13-9-5-3-4-6-10(9)15-11/h8H,3-7H2,1-2H3,(H,12,13)/t8-/m1/s1. The summed E-state index contributed by atoms with van der Waals surface area (Å²) in [6.07, 6.45) is 4.99. The second-order valence-corrected chi connectivity index (χ2v) is 5.18. The zero-order valence-electron chi connectivity index (χ0n) is 9.38. The first-order chi connectivity index (χ1) is 7.29. The molecule has 1 aliphatic rings. The van der Waals surface area contributed by atoms with Crippen molar-refractivity contribution in [2.75, 3.05) is 19.0 Å². The molecule has 1 N–H and O–H groups in total. The number of nitrogens with one attached hydrogen (secondary N) is 1. The van der Waals surface area contributed by atoms with Crippen LogP contribution in [0.4, 0.5) is 5.13 Å². The number of fused-ring (bicyclic) bond motifs is 1. The van der Waals surface area contributed by atoms with Gasteiger partial charge in [0.2, 0.25) is 0 Å². The lowest BCUT2D eigenvalue weighted by atomic mass is 10.0. The molecule has 4 heteroatoms. The zero-order valence-corrected chi connectivity index (χ0v) is 10.2. The number of methoxy groups -OCH3 is 1. The highest BCUT2D eigenvalue weighted by atomic mass is 32.1. The summed E-state index contributed by atoms with van der Waals surface area (Å²) in [7, 11) is 1.73. The lowest BCUT2D eigenvalue weighted by Gasteiger charge is -2.10. The van der Waals surface area contributed by atoms with Crippen LogP contribution in [0.2, 0.25) is 0 Å². The molecular formula is C11H18N2OS. The van der Waals surface area contributed by atoms with Gasteiger partial charge >= 0.3 is 0 Å². The third kappa shape index (κ3) is 2.69. The fourth-order valence-electron chi connectivity index (χ4n) is 1.92. The lowest BCUT2D eigenvalue weighted by molar-refractivity contribution is 0.190. The van der Waals surface area contributed by atoms with E-state index in [-0.39, 0.29) is 0 Å². The molecule has 1 aromatic rings. The van der Waals surface area contributed by atoms with E-state index < -0.39 is 0 Å². The van der Waals surface area contributed by atoms with E-state index in [4.69, 9.17) is 4.74 Å². The third-order valence-corrected chi connectivity index (χ3v) is 3.72. The minimum atomic E-state index is 0.336. The van der Waals surface area contributed by atoms with Crippen molar-refractivity contribution in [3.63, 3.8) is 0 Å². The molecule has 0 radical (unpaired) electrons. The minimum absolute atomic E-state index is 0.336. The topological polar surface area (TPSA) is 34.1 Å². The second-order valence-electron chi connectivity index (χ2n) is 4.10. The molecule has 0 saturated heterocycles. The maximum absolute atomic E-state index is 5.09. The van der Waals surface area contributed by atoms with Gasteiger partial charge in [0.25, 0.3) is 0 Å². The molecule has 0 aliphatic heterocycles. The molecular weight excluding hydrogens is 208 g/mol. The minimum Gasteiger partial charge on any atom is -0.383 e. The van der Waals surface area contributed by atoms with Gasteiger partial charge in [-0.3, -0.25) is 0 Å². The predicted octanol–water partition coefficient (Wildman–Crippen LogP) is 2.47. The average molecular weight is 226 g/mol. The number of aromatic nitrogens is 1. The van der Waals surface area contributed by atoms with Gasteiger partial charge < -0.3 is 10.1 Å². The fourth-order valence-corrected chi connectivity index (χ4v) is 3.08. The molecule has 0 amide bonds. The number of anilines is 1. The average Bonchev–Trinajstić information content (AvgIpc) is 2.59. The van der Waals surface area contributed by atoms with Gasteiger partial charge in [0.15, 0.2) is 5.13 Å². The Labute approximate surface area is 94.9 Å². The summed E-state index contributed by atoms with van der Waals surface area (Å²) in [5.74, 6) is 0. The first kappa shape index (κ1) is 10.9. The van der Waals surface area contributed by atoms with E-state index in [1.807, 2.05) is 11.3 Å². The fraction of sp³-hybridized carbons (Fsp3) is 0.727. The number of hydrogen-bond acceptors (Lipinski definition) is 4. The Morgan fingerprint density at radius 1 is 1.47 bits per heavy atom. The van der Waals surface area contributed by atoms with Gasteiger partial charge in [0, 0.05) is 18.0 Å². The van der Waals surface area contributed by atoms with E-state index in [9.17, 15) is 0 Å². The summed E-state index contributed by atoms with van der Waals surface area (Å²) in [6, 6.07) is 0.336. The molecule has 1 aliphatic carbocycles. The van der Waals surface area contributed by atoms with Gasteiger partial charge in [-0.05, 0) is 32.6 Å². The number of rotatable bonds is 4. The second kappa shape index (κ2) is 4.94. The van der Waals surface area contributed by atoms with Crippen molar-refractivity contribution in [1.29, 1.82) is 0 Å². The van der Waals surface area contributed by atoms with E-state index in [2.05, 4.69) is 17.2 Å². The van der Waals surface area contributed by atoms with Crippen molar-refractivity contribution >= 4 is 16.5 Å². The Hall–Kier alpha value is -0.610. The SMILES string of the molecule is COC[C@@H](C)Nc1nc2c(s1)CCCC2. The van der Waals surface area contributed by atoms with Crippen molar-refractivity contribution in [3.8, 4) is 0 Å². The van der Waals surface area contributed by atoms with Gasteiger partial charge in [0.05, 0.1) is 12.3 Å². The number of thiazole rings is 1. The van der Waals surface area contributed by atoms with Crippen LogP contribution in [0.3, 0.4) is 0 Å². The summed E-state index contributed by atoms with van der Waals surface area (Å²) in [4.78, 5) is 6.10. The summed E-state index contributed by atoms with van der Waals surface area (Å²) in [6.45, 7) is 2.84. The Balaban J connectivity index is 2.00. The maximum Gasteiger partial charge on any atom is 0.183 e. The van der Waals surface area contributed by atoms with E-state index in [1.54, 1.807) is 7.11 Å². The van der Waals surface area contributed by atoms with Crippen molar-refractivity contribution in [3.05, 3.63) is 10.6 Å². The van der Waals surface area contributed by atoms with Crippen LogP contribution in [0.25, 0.3) is 0 Å². The Morgan fingerprint density at radius 2 is 2.27 bits per heavy atom. The quantitative estimate of drug-likeness (QED) is 0.856. The number of hydrogen-bond donors (Lipinski definition) is 1. The normalized spacial score (nSPS) is 17.2. The van der Waals surface area contributed by atoms with E-state index >= 15 is 0 Å². The molecule has 0 saturated carbocycles. The Bertz CT molecular complexity index is 301. The smallest absolute Gasteiger partial charge is 0.183 e. The van der Waals surface area contributed by atoms with Gasteiger partial charge in [-0.1, -0.05) is 0 Å². The predicted molar refractivity (Wildman–Crippen MR) is 63.7 cm³/mol. The first-order valence-electron chi connectivity index (χ1n) is 5.53. The summed E-state index contributed by atoms with van der Waals surface area (Å²) >= 11 is 1.81. The van der Waals surface area contributed by atoms with Crippen LogP contribution in [0.15, 0.2) is 0 Å². The van der Waals surface area contributed by atoms with Gasteiger partial charge in [-0.15, -0.1) is 11.3 Å². The summed E-state index contributed by atoms with van der Waals surface area (Å²) < 4.78 is 5.09. The third-order valence-electron chi connectivity index (χ3n) is 2.63. The lowest BCUT2D eigenvalue weighted by Crippen LogP contribution is -2.20. The first-order valence-corrected chi connectivity index (χ1v) is 6.35. The molecule has 0 fully saturated rings. The highest BCUT2D eigenvalue weighted by Gasteiger charge is 2.15. The number of nitrogens with zero attached hydrogens (tertiary/aromatic N) is 1. The van der Waals surface area contributed by atoms with Gasteiger partial charge in [-0.25, -0.2) is 4.98 Å². The van der Waals surface area contributed by atoms with Crippen LogP contribution >= 0.6 is 11.3 Å². The van der Waals surface area contributed by atoms with Gasteiger partial charge in [0.1, 0.15) is 0 Å². The van der Waals surface area contributed by atoms with Crippen LogP contribution in [-0.2, 0) is 17.6 Å². The largest absolute Gasteiger partial charge is 0.383 e. The Morgan fingerprint density at radius 3 is 3.00 bits per heavy atom. The van der Waals surface area contributed by atoms with E-state index in [0.29, 0.717) is 6.04 Å². The molecule has 1 atom stereocenters. The summed E-state index contributed by atoms with van der Waals surface area (Å²) in [5, 5.41) is 4.44. The van der Waals surface area contributed by atoms with Crippen LogP contribution in [0.1, 0.15) is 30.3 Å². The van der Waals surface area contributed by atoms with Crippen molar-refractivity contribution in [1.82, 2.24) is 4.98 Å². The van der Waals surface area contributed by atoms with Crippen molar-refractivity contribution < 1.29 is 4.74 Å². The van der Waals surface area contributed by atoms with Crippen LogP contribution in [0, 0.1) is 0 Å². The molecule has 3 nitrogen and oxygen atoms in total.